The van der Waals surface area contributed by atoms with Crippen LogP contribution in [0.3, 0.4) is 0 Å². The molecule has 1 aromatic carbocycles. The Morgan fingerprint density at radius 3 is 2.70 bits per heavy atom. The number of hydrogen-bond acceptors (Lipinski definition) is 2. The van der Waals surface area contributed by atoms with Crippen LogP contribution in [0.5, 0.6) is 0 Å². The maximum absolute atomic E-state index is 13.0. The van der Waals surface area contributed by atoms with Crippen LogP contribution in [-0.2, 0) is 12.7 Å². The zero-order chi connectivity index (χ0) is 14.3. The molecule has 6 heteroatoms. The summed E-state index contributed by atoms with van der Waals surface area (Å²) in [4.78, 5) is 4.31. The van der Waals surface area contributed by atoms with E-state index in [1.165, 1.54) is 12.1 Å². The van der Waals surface area contributed by atoms with Gasteiger partial charge in [-0.3, -0.25) is 0 Å². The van der Waals surface area contributed by atoms with E-state index in [-0.39, 0.29) is 11.6 Å². The second-order valence-corrected chi connectivity index (χ2v) is 4.97. The molecule has 1 unspecified atom stereocenters. The standard InChI is InChI=1S/C14H14F3N3/c15-14(16,17)10-5-2-1-4-9(10)12-8-20-7-3-6-11(18)13(20)19-12/h1-2,4-5,8,11H,3,6-7,18H2. The predicted molar refractivity (Wildman–Crippen MR) is 68.8 cm³/mol. The minimum atomic E-state index is -4.39. The Morgan fingerprint density at radius 2 is 2.00 bits per heavy atom. The molecule has 0 aliphatic carbocycles. The highest BCUT2D eigenvalue weighted by Crippen LogP contribution is 2.37. The Labute approximate surface area is 114 Å². The van der Waals surface area contributed by atoms with E-state index in [9.17, 15) is 13.2 Å². The van der Waals surface area contributed by atoms with Crippen molar-refractivity contribution < 1.29 is 13.2 Å². The van der Waals surface area contributed by atoms with Gasteiger partial charge in [0.1, 0.15) is 5.82 Å². The summed E-state index contributed by atoms with van der Waals surface area (Å²) in [5.74, 6) is 0.670. The number of aryl methyl sites for hydroxylation is 1. The lowest BCUT2D eigenvalue weighted by molar-refractivity contribution is -0.137. The minimum absolute atomic E-state index is 0.106. The maximum atomic E-state index is 13.0. The van der Waals surface area contributed by atoms with Gasteiger partial charge in [-0.05, 0) is 18.9 Å². The summed E-state index contributed by atoms with van der Waals surface area (Å²) >= 11 is 0. The van der Waals surface area contributed by atoms with E-state index < -0.39 is 11.7 Å². The van der Waals surface area contributed by atoms with E-state index in [4.69, 9.17) is 5.73 Å². The van der Waals surface area contributed by atoms with E-state index in [1.54, 1.807) is 12.3 Å². The number of halogens is 3. The van der Waals surface area contributed by atoms with Gasteiger partial charge in [0.05, 0.1) is 17.3 Å². The van der Waals surface area contributed by atoms with Crippen molar-refractivity contribution in [1.29, 1.82) is 0 Å². The van der Waals surface area contributed by atoms with Gasteiger partial charge in [-0.25, -0.2) is 4.98 Å². The summed E-state index contributed by atoms with van der Waals surface area (Å²) in [5.41, 5.74) is 5.74. The highest BCUT2D eigenvalue weighted by atomic mass is 19.4. The Hall–Kier alpha value is -1.82. The number of nitrogens with two attached hydrogens (primary N) is 1. The first-order valence-corrected chi connectivity index (χ1v) is 6.46. The highest BCUT2D eigenvalue weighted by Gasteiger charge is 2.34. The Bertz CT molecular complexity index is 631. The molecular formula is C14H14F3N3. The van der Waals surface area contributed by atoms with Gasteiger partial charge in [0, 0.05) is 18.3 Å². The van der Waals surface area contributed by atoms with Crippen LogP contribution in [-0.4, -0.2) is 9.55 Å². The molecule has 20 heavy (non-hydrogen) atoms. The summed E-state index contributed by atoms with van der Waals surface area (Å²) in [6.45, 7) is 0.754. The van der Waals surface area contributed by atoms with Crippen LogP contribution in [0, 0.1) is 0 Å². The number of benzene rings is 1. The molecule has 0 bridgehead atoms. The molecule has 0 amide bonds. The third-order valence-corrected chi connectivity index (χ3v) is 3.56. The Balaban J connectivity index is 2.11. The molecule has 1 aromatic heterocycles. The lowest BCUT2D eigenvalue weighted by atomic mass is 10.0. The number of nitrogens with zero attached hydrogens (tertiary/aromatic N) is 2. The molecule has 0 saturated heterocycles. The van der Waals surface area contributed by atoms with Gasteiger partial charge in [0.15, 0.2) is 0 Å². The smallest absolute Gasteiger partial charge is 0.333 e. The third kappa shape index (κ3) is 2.20. The fraction of sp³-hybridized carbons (Fsp3) is 0.357. The summed E-state index contributed by atoms with van der Waals surface area (Å²) in [6, 6.07) is 5.29. The van der Waals surface area contributed by atoms with Crippen LogP contribution in [0.25, 0.3) is 11.3 Å². The predicted octanol–water partition coefficient (Wildman–Crippen LogP) is 3.36. The quantitative estimate of drug-likeness (QED) is 0.871. The van der Waals surface area contributed by atoms with Crippen molar-refractivity contribution in [2.24, 2.45) is 5.73 Å². The van der Waals surface area contributed by atoms with Crippen molar-refractivity contribution in [3.8, 4) is 11.3 Å². The van der Waals surface area contributed by atoms with Gasteiger partial charge >= 0.3 is 6.18 Å². The van der Waals surface area contributed by atoms with Crippen molar-refractivity contribution in [3.63, 3.8) is 0 Å². The van der Waals surface area contributed by atoms with Crippen molar-refractivity contribution in [1.82, 2.24) is 9.55 Å². The van der Waals surface area contributed by atoms with E-state index in [1.807, 2.05) is 4.57 Å². The molecule has 1 aliphatic rings. The molecule has 2 N–H and O–H groups in total. The first-order chi connectivity index (χ1) is 9.47. The molecule has 3 rings (SSSR count). The summed E-state index contributed by atoms with van der Waals surface area (Å²) in [7, 11) is 0. The van der Waals surface area contributed by atoms with E-state index >= 15 is 0 Å². The second kappa shape index (κ2) is 4.63. The average molecular weight is 281 g/mol. The Morgan fingerprint density at radius 1 is 1.25 bits per heavy atom. The van der Waals surface area contributed by atoms with Crippen molar-refractivity contribution in [2.75, 3.05) is 0 Å². The van der Waals surface area contributed by atoms with Crippen LogP contribution in [0.4, 0.5) is 13.2 Å². The van der Waals surface area contributed by atoms with Gasteiger partial charge in [0.25, 0.3) is 0 Å². The van der Waals surface area contributed by atoms with Crippen LogP contribution in [0.2, 0.25) is 0 Å². The molecule has 0 saturated carbocycles. The zero-order valence-corrected chi connectivity index (χ0v) is 10.7. The molecule has 3 nitrogen and oxygen atoms in total. The topological polar surface area (TPSA) is 43.8 Å². The van der Waals surface area contributed by atoms with E-state index in [2.05, 4.69) is 4.98 Å². The van der Waals surface area contributed by atoms with E-state index in [0.29, 0.717) is 11.5 Å². The average Bonchev–Trinajstić information content (AvgIpc) is 2.83. The van der Waals surface area contributed by atoms with Gasteiger partial charge in [-0.2, -0.15) is 13.2 Å². The van der Waals surface area contributed by atoms with E-state index in [0.717, 1.165) is 25.5 Å². The third-order valence-electron chi connectivity index (χ3n) is 3.56. The molecule has 1 aliphatic heterocycles. The van der Waals surface area contributed by atoms with Gasteiger partial charge < -0.3 is 10.3 Å². The monoisotopic (exact) mass is 281 g/mol. The number of imidazole rings is 1. The fourth-order valence-corrected chi connectivity index (χ4v) is 2.60. The SMILES string of the molecule is NC1CCCn2cc(-c3ccccc3C(F)(F)F)nc21. The minimum Gasteiger partial charge on any atom is -0.333 e. The van der Waals surface area contributed by atoms with Crippen LogP contribution < -0.4 is 5.73 Å². The highest BCUT2D eigenvalue weighted by molar-refractivity contribution is 5.64. The summed E-state index contributed by atoms with van der Waals surface area (Å²) in [6.07, 6.45) is -0.982. The molecule has 2 aromatic rings. The molecule has 2 heterocycles. The van der Waals surface area contributed by atoms with Gasteiger partial charge in [0.2, 0.25) is 0 Å². The lowest BCUT2D eigenvalue weighted by Gasteiger charge is -2.19. The first-order valence-electron chi connectivity index (χ1n) is 6.46. The van der Waals surface area contributed by atoms with Crippen molar-refractivity contribution >= 4 is 0 Å². The summed E-state index contributed by atoms with van der Waals surface area (Å²) < 4.78 is 41.0. The van der Waals surface area contributed by atoms with Gasteiger partial charge in [-0.1, -0.05) is 18.2 Å². The number of alkyl halides is 3. The number of fused-ring (bicyclic) bond motifs is 1. The number of rotatable bonds is 1. The fourth-order valence-electron chi connectivity index (χ4n) is 2.60. The first kappa shape index (κ1) is 13.2. The Kier molecular flexibility index (Phi) is 3.05. The molecular weight excluding hydrogens is 267 g/mol. The normalized spacial score (nSPS) is 18.9. The molecule has 0 spiro atoms. The van der Waals surface area contributed by atoms with Crippen molar-refractivity contribution in [2.45, 2.75) is 31.6 Å². The number of aromatic nitrogens is 2. The van der Waals surface area contributed by atoms with Crippen molar-refractivity contribution in [3.05, 3.63) is 41.9 Å². The van der Waals surface area contributed by atoms with Crippen LogP contribution in [0.1, 0.15) is 30.3 Å². The second-order valence-electron chi connectivity index (χ2n) is 4.97. The lowest BCUT2D eigenvalue weighted by Crippen LogP contribution is -2.21. The van der Waals surface area contributed by atoms with Crippen LogP contribution in [0.15, 0.2) is 30.5 Å². The largest absolute Gasteiger partial charge is 0.417 e. The zero-order valence-electron chi connectivity index (χ0n) is 10.7. The summed E-state index contributed by atoms with van der Waals surface area (Å²) in [5, 5.41) is 0. The molecule has 0 fully saturated rings. The van der Waals surface area contributed by atoms with Gasteiger partial charge in [-0.15, -0.1) is 0 Å². The molecule has 0 radical (unpaired) electrons. The molecule has 106 valence electrons. The number of hydrogen-bond donors (Lipinski definition) is 1. The van der Waals surface area contributed by atoms with Crippen LogP contribution >= 0.6 is 0 Å². The maximum Gasteiger partial charge on any atom is 0.417 e. The molecule has 1 atom stereocenters.